The molecule has 7 heteroatoms. The maximum atomic E-state index is 12.2. The molecule has 3 nitrogen and oxygen atoms in total. The molecule has 1 rings (SSSR count). The number of hydrogen-bond donors (Lipinski definition) is 0. The Kier molecular flexibility index (Phi) is 6.74. The smallest absolute Gasteiger partial charge is 0.446 e. The average Bonchev–Trinajstić information content (AvgIpc) is 2.42. The van der Waals surface area contributed by atoms with Gasteiger partial charge in [0.1, 0.15) is 0 Å². The Balaban J connectivity index is 2.43. The van der Waals surface area contributed by atoms with Gasteiger partial charge in [-0.3, -0.25) is 9.59 Å². The second-order valence-corrected chi connectivity index (χ2v) is 5.42. The normalized spacial score (nSPS) is 11.2. The first-order valence-corrected chi connectivity index (χ1v) is 7.09. The number of esters is 1. The van der Waals surface area contributed by atoms with Crippen molar-refractivity contribution in [3.8, 4) is 0 Å². The molecule has 1 aromatic rings. The molecule has 0 aromatic heterocycles. The number of benzene rings is 1. The maximum Gasteiger partial charge on any atom is 0.446 e. The van der Waals surface area contributed by atoms with E-state index in [0.717, 1.165) is 0 Å². The third kappa shape index (κ3) is 7.17. The molecule has 0 bridgehead atoms. The summed E-state index contributed by atoms with van der Waals surface area (Å²) in [5, 5.41) is 0. The van der Waals surface area contributed by atoms with Crippen LogP contribution in [0.25, 0.3) is 0 Å². The van der Waals surface area contributed by atoms with Gasteiger partial charge in [0.05, 0.1) is 7.11 Å². The van der Waals surface area contributed by atoms with Crippen LogP contribution >= 0.6 is 11.8 Å². The van der Waals surface area contributed by atoms with Gasteiger partial charge in [-0.15, -0.1) is 0 Å². The molecule has 1 aromatic carbocycles. The predicted molar refractivity (Wildman–Crippen MR) is 73.2 cm³/mol. The van der Waals surface area contributed by atoms with Crippen molar-refractivity contribution in [1.29, 1.82) is 0 Å². The molecule has 0 atom stereocenters. The highest BCUT2D eigenvalue weighted by atomic mass is 32.2. The fourth-order valence-corrected chi connectivity index (χ4v) is 2.18. The molecule has 0 aliphatic carbocycles. The monoisotopic (exact) mass is 320 g/mol. The van der Waals surface area contributed by atoms with Gasteiger partial charge >= 0.3 is 11.5 Å². The van der Waals surface area contributed by atoms with Crippen LogP contribution in [0.1, 0.15) is 36.0 Å². The Morgan fingerprint density at radius 1 is 1.10 bits per heavy atom. The third-order valence-corrected chi connectivity index (χ3v) is 3.41. The first kappa shape index (κ1) is 17.6. The summed E-state index contributed by atoms with van der Waals surface area (Å²) in [6, 6.07) is 5.33. The molecule has 116 valence electrons. The highest BCUT2D eigenvalue weighted by Gasteiger charge is 2.29. The molecule has 0 saturated carbocycles. The molecule has 21 heavy (non-hydrogen) atoms. The largest absolute Gasteiger partial charge is 0.469 e. The van der Waals surface area contributed by atoms with Crippen LogP contribution in [-0.2, 0) is 9.53 Å². The number of halogens is 3. The summed E-state index contributed by atoms with van der Waals surface area (Å²) < 4.78 is 41.0. The van der Waals surface area contributed by atoms with E-state index in [0.29, 0.717) is 18.4 Å². The highest BCUT2D eigenvalue weighted by Crippen LogP contribution is 2.36. The van der Waals surface area contributed by atoms with Crippen LogP contribution in [0.5, 0.6) is 0 Å². The van der Waals surface area contributed by atoms with Crippen molar-refractivity contribution < 1.29 is 27.5 Å². The van der Waals surface area contributed by atoms with Gasteiger partial charge < -0.3 is 4.74 Å². The third-order valence-electron chi connectivity index (χ3n) is 2.67. The lowest BCUT2D eigenvalue weighted by Crippen LogP contribution is -2.02. The van der Waals surface area contributed by atoms with Gasteiger partial charge in [-0.1, -0.05) is 12.1 Å². The van der Waals surface area contributed by atoms with Crippen LogP contribution in [0, 0.1) is 0 Å². The van der Waals surface area contributed by atoms with E-state index in [1.807, 2.05) is 0 Å². The first-order chi connectivity index (χ1) is 9.81. The van der Waals surface area contributed by atoms with Crippen molar-refractivity contribution in [2.75, 3.05) is 7.11 Å². The summed E-state index contributed by atoms with van der Waals surface area (Å²) >= 11 is -0.214. The molecule has 0 amide bonds. The minimum absolute atomic E-state index is 0.0461. The first-order valence-electron chi connectivity index (χ1n) is 6.27. The van der Waals surface area contributed by atoms with Crippen LogP contribution in [-0.4, -0.2) is 24.4 Å². The molecular formula is C14H15F3O3S. The predicted octanol–water partition coefficient (Wildman–Crippen LogP) is 4.21. The molecule has 0 N–H and O–H groups in total. The molecule has 0 unspecified atom stereocenters. The van der Waals surface area contributed by atoms with Crippen LogP contribution in [0.3, 0.4) is 0 Å². The zero-order valence-corrected chi connectivity index (χ0v) is 12.2. The summed E-state index contributed by atoms with van der Waals surface area (Å²) in [6.07, 6.45) is 1.58. The second-order valence-electron chi connectivity index (χ2n) is 4.28. The molecule has 0 heterocycles. The molecule has 0 aliphatic rings. The van der Waals surface area contributed by atoms with Gasteiger partial charge in [-0.25, -0.2) is 0 Å². The van der Waals surface area contributed by atoms with Gasteiger partial charge in [0.2, 0.25) is 0 Å². The van der Waals surface area contributed by atoms with Crippen molar-refractivity contribution in [3.05, 3.63) is 29.8 Å². The van der Waals surface area contributed by atoms with E-state index >= 15 is 0 Å². The zero-order chi connectivity index (χ0) is 15.9. The number of methoxy groups -OCH3 is 1. The van der Waals surface area contributed by atoms with E-state index in [-0.39, 0.29) is 41.3 Å². The Hall–Kier alpha value is -1.50. The minimum Gasteiger partial charge on any atom is -0.469 e. The number of carbonyl (C=O) groups is 2. The number of ether oxygens (including phenoxy) is 1. The Morgan fingerprint density at radius 3 is 2.19 bits per heavy atom. The SMILES string of the molecule is COC(=O)CCCCC(=O)c1ccc(SC(F)(F)F)cc1. The fraction of sp³-hybridized carbons (Fsp3) is 0.429. The number of unbranched alkanes of at least 4 members (excludes halogenated alkanes) is 1. The molecular weight excluding hydrogens is 305 g/mol. The van der Waals surface area contributed by atoms with Crippen LogP contribution in [0.2, 0.25) is 0 Å². The van der Waals surface area contributed by atoms with Gasteiger partial charge in [0.15, 0.2) is 5.78 Å². The summed E-state index contributed by atoms with van der Waals surface area (Å²) in [5.74, 6) is -0.473. The van der Waals surface area contributed by atoms with Crippen molar-refractivity contribution in [2.24, 2.45) is 0 Å². The Morgan fingerprint density at radius 2 is 1.67 bits per heavy atom. The Labute approximate surface area is 124 Å². The Bertz CT molecular complexity index is 483. The minimum atomic E-state index is -4.33. The van der Waals surface area contributed by atoms with Crippen molar-refractivity contribution >= 4 is 23.5 Å². The van der Waals surface area contributed by atoms with Gasteiger partial charge in [0, 0.05) is 23.3 Å². The molecule has 0 aliphatic heterocycles. The number of carbonyl (C=O) groups excluding carboxylic acids is 2. The van der Waals surface area contributed by atoms with Crippen LogP contribution in [0.4, 0.5) is 13.2 Å². The van der Waals surface area contributed by atoms with E-state index in [1.165, 1.54) is 31.4 Å². The van der Waals surface area contributed by atoms with Gasteiger partial charge in [-0.2, -0.15) is 13.2 Å². The van der Waals surface area contributed by atoms with E-state index in [2.05, 4.69) is 4.74 Å². The number of hydrogen-bond acceptors (Lipinski definition) is 4. The standard InChI is InChI=1S/C14H15F3O3S/c1-20-13(19)5-3-2-4-12(18)10-6-8-11(9-7-10)21-14(15,16)17/h6-9H,2-5H2,1H3. The number of thioether (sulfide) groups is 1. The lowest BCUT2D eigenvalue weighted by Gasteiger charge is -2.06. The van der Waals surface area contributed by atoms with E-state index < -0.39 is 5.51 Å². The number of alkyl halides is 3. The van der Waals surface area contributed by atoms with E-state index in [4.69, 9.17) is 0 Å². The number of Topliss-reactive ketones (excluding diaryl/α,β-unsaturated/α-hetero) is 1. The number of ketones is 1. The van der Waals surface area contributed by atoms with Crippen LogP contribution in [0.15, 0.2) is 29.2 Å². The number of rotatable bonds is 7. The lowest BCUT2D eigenvalue weighted by atomic mass is 10.0. The lowest BCUT2D eigenvalue weighted by molar-refractivity contribution is -0.140. The van der Waals surface area contributed by atoms with E-state index in [9.17, 15) is 22.8 Å². The molecule has 0 radical (unpaired) electrons. The van der Waals surface area contributed by atoms with Gasteiger partial charge in [-0.05, 0) is 36.7 Å². The highest BCUT2D eigenvalue weighted by molar-refractivity contribution is 8.00. The zero-order valence-electron chi connectivity index (χ0n) is 11.4. The maximum absolute atomic E-state index is 12.2. The van der Waals surface area contributed by atoms with Crippen molar-refractivity contribution in [3.63, 3.8) is 0 Å². The van der Waals surface area contributed by atoms with Crippen molar-refractivity contribution in [1.82, 2.24) is 0 Å². The molecule has 0 fully saturated rings. The summed E-state index contributed by atoms with van der Waals surface area (Å²) in [6.45, 7) is 0. The quantitative estimate of drug-likeness (QED) is 0.327. The molecule has 0 spiro atoms. The molecule has 0 saturated heterocycles. The summed E-state index contributed by atoms with van der Waals surface area (Å²) in [7, 11) is 1.30. The second kappa shape index (κ2) is 8.07. The topological polar surface area (TPSA) is 43.4 Å². The summed E-state index contributed by atoms with van der Waals surface area (Å²) in [4.78, 5) is 22.7. The average molecular weight is 320 g/mol. The van der Waals surface area contributed by atoms with E-state index in [1.54, 1.807) is 0 Å². The van der Waals surface area contributed by atoms with Crippen LogP contribution < -0.4 is 0 Å². The van der Waals surface area contributed by atoms with Gasteiger partial charge in [0.25, 0.3) is 0 Å². The summed E-state index contributed by atoms with van der Waals surface area (Å²) in [5.41, 5.74) is -3.96. The van der Waals surface area contributed by atoms with Crippen molar-refractivity contribution in [2.45, 2.75) is 36.1 Å². The fourth-order valence-electron chi connectivity index (χ4n) is 1.64.